The summed E-state index contributed by atoms with van der Waals surface area (Å²) in [6.07, 6.45) is 16.3. The summed E-state index contributed by atoms with van der Waals surface area (Å²) in [4.78, 5) is 12.3. The molecule has 3 aliphatic heterocycles. The molecule has 4 atom stereocenters. The van der Waals surface area contributed by atoms with Crippen LogP contribution >= 0.6 is 0 Å². The molecule has 6 rings (SSSR count). The molecule has 1 aliphatic carbocycles. The van der Waals surface area contributed by atoms with E-state index < -0.39 is 0 Å². The van der Waals surface area contributed by atoms with Crippen LogP contribution in [-0.4, -0.2) is 36.7 Å². The molecule has 0 bridgehead atoms. The third kappa shape index (κ3) is 5.02. The van der Waals surface area contributed by atoms with Crippen molar-refractivity contribution in [1.29, 1.82) is 0 Å². The SMILES string of the molecule is CCC1CC=Nc2cc(N3CCCC(O)C3)cc(-c3ccc4c(c3)N=CC(C(C)C3CCCCC3)C4)c21. The zero-order valence-electron chi connectivity index (χ0n) is 22.7. The second-order valence-electron chi connectivity index (χ2n) is 12.1. The van der Waals surface area contributed by atoms with Gasteiger partial charge < -0.3 is 10.0 Å². The van der Waals surface area contributed by atoms with Crippen molar-refractivity contribution < 1.29 is 5.11 Å². The Morgan fingerprint density at radius 1 is 1.00 bits per heavy atom. The van der Waals surface area contributed by atoms with Crippen LogP contribution in [0.5, 0.6) is 0 Å². The monoisotopic (exact) mass is 497 g/mol. The average molecular weight is 498 g/mol. The van der Waals surface area contributed by atoms with Crippen LogP contribution in [0.2, 0.25) is 0 Å². The Kier molecular flexibility index (Phi) is 7.20. The van der Waals surface area contributed by atoms with Gasteiger partial charge in [-0.15, -0.1) is 0 Å². The van der Waals surface area contributed by atoms with Crippen molar-refractivity contribution in [3.05, 3.63) is 41.5 Å². The first-order valence-electron chi connectivity index (χ1n) is 14.9. The number of aliphatic hydroxyl groups excluding tert-OH is 1. The second kappa shape index (κ2) is 10.7. The van der Waals surface area contributed by atoms with E-state index in [9.17, 15) is 5.11 Å². The summed E-state index contributed by atoms with van der Waals surface area (Å²) in [5.41, 5.74) is 8.76. The van der Waals surface area contributed by atoms with Crippen LogP contribution in [0.3, 0.4) is 0 Å². The van der Waals surface area contributed by atoms with Crippen molar-refractivity contribution in [3.63, 3.8) is 0 Å². The van der Waals surface area contributed by atoms with E-state index in [1.165, 1.54) is 60.0 Å². The van der Waals surface area contributed by atoms with E-state index in [1.54, 1.807) is 0 Å². The quantitative estimate of drug-likeness (QED) is 0.455. The second-order valence-corrected chi connectivity index (χ2v) is 12.1. The fraction of sp³-hybridized carbons (Fsp3) is 0.576. The zero-order valence-corrected chi connectivity index (χ0v) is 22.7. The predicted molar refractivity (Wildman–Crippen MR) is 156 cm³/mol. The van der Waals surface area contributed by atoms with Gasteiger partial charge in [0.15, 0.2) is 0 Å². The number of aliphatic hydroxyl groups is 1. The first-order valence-corrected chi connectivity index (χ1v) is 14.9. The van der Waals surface area contributed by atoms with E-state index in [0.717, 1.165) is 55.9 Å². The summed E-state index contributed by atoms with van der Waals surface area (Å²) in [5, 5.41) is 10.3. The predicted octanol–water partition coefficient (Wildman–Crippen LogP) is 8.01. The molecular weight excluding hydrogens is 454 g/mol. The molecular formula is C33H43N3O. The minimum atomic E-state index is -0.248. The Balaban J connectivity index is 1.34. The van der Waals surface area contributed by atoms with Gasteiger partial charge in [-0.3, -0.25) is 9.98 Å². The third-order valence-electron chi connectivity index (χ3n) is 9.75. The lowest BCUT2D eigenvalue weighted by molar-refractivity contribution is 0.154. The molecule has 0 radical (unpaired) electrons. The summed E-state index contributed by atoms with van der Waals surface area (Å²) < 4.78 is 0. The van der Waals surface area contributed by atoms with Crippen molar-refractivity contribution in [2.24, 2.45) is 27.7 Å². The number of aliphatic imine (C=N–C) groups is 2. The van der Waals surface area contributed by atoms with Crippen LogP contribution in [0.25, 0.3) is 11.1 Å². The van der Waals surface area contributed by atoms with Crippen molar-refractivity contribution in [2.75, 3.05) is 18.0 Å². The molecule has 2 fully saturated rings. The van der Waals surface area contributed by atoms with Crippen LogP contribution in [0.1, 0.15) is 88.7 Å². The largest absolute Gasteiger partial charge is 0.391 e. The number of hydrogen-bond acceptors (Lipinski definition) is 4. The highest BCUT2D eigenvalue weighted by molar-refractivity contribution is 5.85. The maximum absolute atomic E-state index is 10.3. The number of benzene rings is 2. The first kappa shape index (κ1) is 24.9. The Morgan fingerprint density at radius 3 is 2.68 bits per heavy atom. The molecule has 2 aromatic rings. The summed E-state index contributed by atoms with van der Waals surface area (Å²) >= 11 is 0. The number of rotatable bonds is 5. The standard InChI is InChI=1S/C33H43N3O/c1-3-23-13-14-34-32-19-28(36-15-7-10-29(37)21-36)18-30(33(23)32)25-11-12-26-16-27(20-35-31(26)17-25)22(2)24-8-5-4-6-9-24/h11-12,14,17-20,22-24,27,29,37H,3-10,13,15-16,21H2,1-2H3. The van der Waals surface area contributed by atoms with Crippen LogP contribution in [-0.2, 0) is 6.42 Å². The van der Waals surface area contributed by atoms with Crippen molar-refractivity contribution in [3.8, 4) is 11.1 Å². The van der Waals surface area contributed by atoms with Crippen LogP contribution in [0.15, 0.2) is 40.3 Å². The maximum atomic E-state index is 10.3. The first-order chi connectivity index (χ1) is 18.1. The molecule has 4 aliphatic rings. The van der Waals surface area contributed by atoms with E-state index in [4.69, 9.17) is 9.98 Å². The summed E-state index contributed by atoms with van der Waals surface area (Å²) in [5.74, 6) is 2.62. The Morgan fingerprint density at radius 2 is 1.86 bits per heavy atom. The minimum absolute atomic E-state index is 0.248. The number of fused-ring (bicyclic) bond motifs is 2. The fourth-order valence-corrected chi connectivity index (χ4v) is 7.37. The van der Waals surface area contributed by atoms with Gasteiger partial charge in [0.2, 0.25) is 0 Å². The Bertz CT molecular complexity index is 1180. The molecule has 0 amide bonds. The highest BCUT2D eigenvalue weighted by atomic mass is 16.3. The van der Waals surface area contributed by atoms with Gasteiger partial charge in [0.25, 0.3) is 0 Å². The van der Waals surface area contributed by atoms with Gasteiger partial charge in [0.05, 0.1) is 17.5 Å². The van der Waals surface area contributed by atoms with E-state index in [1.807, 2.05) is 0 Å². The van der Waals surface area contributed by atoms with Crippen LogP contribution in [0, 0.1) is 17.8 Å². The van der Waals surface area contributed by atoms with E-state index >= 15 is 0 Å². The van der Waals surface area contributed by atoms with E-state index in [0.29, 0.717) is 24.3 Å². The van der Waals surface area contributed by atoms with Gasteiger partial charge in [0, 0.05) is 37.1 Å². The molecule has 1 saturated carbocycles. The normalized spacial score (nSPS) is 26.6. The lowest BCUT2D eigenvalue weighted by Crippen LogP contribution is -2.38. The third-order valence-corrected chi connectivity index (χ3v) is 9.75. The highest BCUT2D eigenvalue weighted by Gasteiger charge is 2.29. The number of hydrogen-bond donors (Lipinski definition) is 1. The molecule has 1 saturated heterocycles. The molecule has 4 nitrogen and oxygen atoms in total. The topological polar surface area (TPSA) is 48.2 Å². The molecule has 0 aromatic heterocycles. The number of β-amino-alcohol motifs (C(OH)–C–C–N with tert-alkyl or cyclic N) is 1. The van der Waals surface area contributed by atoms with Crippen molar-refractivity contribution in [1.82, 2.24) is 0 Å². The van der Waals surface area contributed by atoms with Crippen LogP contribution < -0.4 is 4.90 Å². The highest BCUT2D eigenvalue weighted by Crippen LogP contribution is 2.46. The lowest BCUT2D eigenvalue weighted by Gasteiger charge is -2.34. The Hall–Kier alpha value is -2.46. The fourth-order valence-electron chi connectivity index (χ4n) is 7.37. The molecule has 1 N–H and O–H groups in total. The number of piperidine rings is 1. The van der Waals surface area contributed by atoms with E-state index in [2.05, 4.69) is 61.5 Å². The zero-order chi connectivity index (χ0) is 25.4. The van der Waals surface area contributed by atoms with Gasteiger partial charge >= 0.3 is 0 Å². The van der Waals surface area contributed by atoms with Crippen LogP contribution in [0.4, 0.5) is 17.1 Å². The lowest BCUT2D eigenvalue weighted by atomic mass is 9.73. The minimum Gasteiger partial charge on any atom is -0.391 e. The average Bonchev–Trinajstić information content (AvgIpc) is 2.95. The van der Waals surface area contributed by atoms with Gasteiger partial charge in [-0.05, 0) is 90.3 Å². The van der Waals surface area contributed by atoms with Crippen molar-refractivity contribution in [2.45, 2.75) is 90.1 Å². The Labute approximate surface area is 222 Å². The molecule has 4 unspecified atom stereocenters. The summed E-state index contributed by atoms with van der Waals surface area (Å²) in [7, 11) is 0. The van der Waals surface area contributed by atoms with Gasteiger partial charge in [-0.2, -0.15) is 0 Å². The summed E-state index contributed by atoms with van der Waals surface area (Å²) in [6, 6.07) is 11.6. The smallest absolute Gasteiger partial charge is 0.0715 e. The van der Waals surface area contributed by atoms with Gasteiger partial charge in [-0.1, -0.05) is 58.1 Å². The molecule has 4 heteroatoms. The number of nitrogens with zero attached hydrogens (tertiary/aromatic N) is 3. The molecule has 196 valence electrons. The molecule has 37 heavy (non-hydrogen) atoms. The van der Waals surface area contributed by atoms with Gasteiger partial charge in [0.1, 0.15) is 0 Å². The maximum Gasteiger partial charge on any atom is 0.0715 e. The van der Waals surface area contributed by atoms with E-state index in [-0.39, 0.29) is 6.10 Å². The molecule has 3 heterocycles. The number of anilines is 1. The van der Waals surface area contributed by atoms with Crippen molar-refractivity contribution >= 4 is 29.5 Å². The van der Waals surface area contributed by atoms with Gasteiger partial charge in [-0.25, -0.2) is 0 Å². The summed E-state index contributed by atoms with van der Waals surface area (Å²) in [6.45, 7) is 6.45. The molecule has 2 aromatic carbocycles. The molecule has 0 spiro atoms.